The monoisotopic (exact) mass is 263 g/mol. The topological polar surface area (TPSA) is 51.4 Å². The number of anilines is 1. The first-order valence-corrected chi connectivity index (χ1v) is 6.79. The second-order valence-electron chi connectivity index (χ2n) is 4.51. The zero-order chi connectivity index (χ0) is 14.1. The van der Waals surface area contributed by atoms with Crippen LogP contribution in [0.15, 0.2) is 24.8 Å². The summed E-state index contributed by atoms with van der Waals surface area (Å²) in [5, 5.41) is 0. The van der Waals surface area contributed by atoms with Crippen molar-refractivity contribution in [2.75, 3.05) is 31.7 Å². The summed E-state index contributed by atoms with van der Waals surface area (Å²) >= 11 is 0. The van der Waals surface area contributed by atoms with Crippen molar-refractivity contribution in [3.8, 4) is 0 Å². The van der Waals surface area contributed by atoms with Gasteiger partial charge in [-0.15, -0.1) is 6.58 Å². The Morgan fingerprint density at radius 2 is 2.26 bits per heavy atom. The molecule has 0 spiro atoms. The lowest BCUT2D eigenvalue weighted by Gasteiger charge is -2.23. The largest absolute Gasteiger partial charge is 0.383 e. The third kappa shape index (κ3) is 5.01. The summed E-state index contributed by atoms with van der Waals surface area (Å²) in [6.45, 7) is 8.73. The molecule has 0 amide bonds. The molecule has 0 aromatic carbocycles. The summed E-state index contributed by atoms with van der Waals surface area (Å²) in [6.07, 6.45) is 3.94. The second-order valence-corrected chi connectivity index (χ2v) is 4.51. The zero-order valence-corrected chi connectivity index (χ0v) is 12.1. The van der Waals surface area contributed by atoms with Crippen LogP contribution in [0.1, 0.15) is 24.6 Å². The van der Waals surface area contributed by atoms with E-state index >= 15 is 0 Å². The van der Waals surface area contributed by atoms with Crippen LogP contribution >= 0.6 is 0 Å². The van der Waals surface area contributed by atoms with Gasteiger partial charge in [0, 0.05) is 32.4 Å². The summed E-state index contributed by atoms with van der Waals surface area (Å²) in [7, 11) is 1.71. The van der Waals surface area contributed by atoms with Gasteiger partial charge in [-0.3, -0.25) is 0 Å². The van der Waals surface area contributed by atoms with Crippen molar-refractivity contribution in [2.45, 2.75) is 26.3 Å². The van der Waals surface area contributed by atoms with Crippen LogP contribution in [0.2, 0.25) is 0 Å². The molecule has 0 unspecified atom stereocenters. The first-order chi connectivity index (χ1) is 9.24. The Kier molecular flexibility index (Phi) is 7.15. The minimum absolute atomic E-state index is 0.540. The number of nitrogens with two attached hydrogens (primary N) is 1. The van der Waals surface area contributed by atoms with Crippen LogP contribution in [0.4, 0.5) is 5.82 Å². The lowest BCUT2D eigenvalue weighted by molar-refractivity contribution is 0.205. The van der Waals surface area contributed by atoms with Crippen molar-refractivity contribution in [2.24, 2.45) is 5.73 Å². The quantitative estimate of drug-likeness (QED) is 0.693. The van der Waals surface area contributed by atoms with E-state index < -0.39 is 0 Å². The van der Waals surface area contributed by atoms with Gasteiger partial charge in [-0.1, -0.05) is 19.4 Å². The molecular weight excluding hydrogens is 238 g/mol. The van der Waals surface area contributed by atoms with Crippen LogP contribution < -0.4 is 10.6 Å². The van der Waals surface area contributed by atoms with Gasteiger partial charge in [0.1, 0.15) is 5.82 Å². The van der Waals surface area contributed by atoms with E-state index in [1.165, 1.54) is 0 Å². The van der Waals surface area contributed by atoms with Gasteiger partial charge in [0.25, 0.3) is 0 Å². The Labute approximate surface area is 116 Å². The highest BCUT2D eigenvalue weighted by Crippen LogP contribution is 2.16. The molecule has 0 aliphatic rings. The maximum atomic E-state index is 5.77. The molecule has 0 radical (unpaired) electrons. The Hall–Kier alpha value is -1.39. The van der Waals surface area contributed by atoms with Crippen molar-refractivity contribution >= 4 is 5.82 Å². The maximum Gasteiger partial charge on any atom is 0.129 e. The molecule has 4 nitrogen and oxygen atoms in total. The molecule has 0 bridgehead atoms. The normalized spacial score (nSPS) is 10.5. The first-order valence-electron chi connectivity index (χ1n) is 6.79. The summed E-state index contributed by atoms with van der Waals surface area (Å²) < 4.78 is 5.15. The van der Waals surface area contributed by atoms with Gasteiger partial charge >= 0.3 is 0 Å². The number of aryl methyl sites for hydroxylation is 1. The molecular formula is C15H25N3O. The minimum Gasteiger partial charge on any atom is -0.383 e. The number of aromatic nitrogens is 1. The van der Waals surface area contributed by atoms with Crippen LogP contribution in [0.5, 0.6) is 0 Å². The van der Waals surface area contributed by atoms with E-state index in [1.54, 1.807) is 7.11 Å². The highest BCUT2D eigenvalue weighted by Gasteiger charge is 2.09. The van der Waals surface area contributed by atoms with E-state index in [4.69, 9.17) is 15.5 Å². The fraction of sp³-hybridized carbons (Fsp3) is 0.533. The van der Waals surface area contributed by atoms with E-state index in [9.17, 15) is 0 Å². The number of nitrogens with zero attached hydrogens (tertiary/aromatic N) is 2. The number of ether oxygens (including phenoxy) is 1. The van der Waals surface area contributed by atoms with Gasteiger partial charge in [-0.2, -0.15) is 0 Å². The molecule has 1 rings (SSSR count). The number of rotatable bonds is 9. The van der Waals surface area contributed by atoms with E-state index in [0.717, 1.165) is 43.0 Å². The molecule has 0 aliphatic heterocycles. The average molecular weight is 263 g/mol. The summed E-state index contributed by atoms with van der Waals surface area (Å²) in [4.78, 5) is 6.87. The Balaban J connectivity index is 2.98. The minimum atomic E-state index is 0.540. The smallest absolute Gasteiger partial charge is 0.129 e. The van der Waals surface area contributed by atoms with Gasteiger partial charge in [-0.25, -0.2) is 4.98 Å². The van der Waals surface area contributed by atoms with Gasteiger partial charge in [0.05, 0.1) is 6.61 Å². The first kappa shape index (κ1) is 15.7. The van der Waals surface area contributed by atoms with E-state index in [0.29, 0.717) is 13.2 Å². The van der Waals surface area contributed by atoms with Crippen LogP contribution in [-0.4, -0.2) is 31.8 Å². The predicted octanol–water partition coefficient (Wildman–Crippen LogP) is 2.13. The van der Waals surface area contributed by atoms with Crippen molar-refractivity contribution in [1.82, 2.24) is 4.98 Å². The van der Waals surface area contributed by atoms with Gasteiger partial charge < -0.3 is 15.4 Å². The molecule has 0 saturated heterocycles. The third-order valence-electron chi connectivity index (χ3n) is 2.91. The summed E-state index contributed by atoms with van der Waals surface area (Å²) in [6, 6.07) is 4.15. The zero-order valence-electron chi connectivity index (χ0n) is 12.1. The lowest BCUT2D eigenvalue weighted by atomic mass is 10.1. The standard InChI is InChI=1S/C15H25N3O/c1-4-6-14-10-13(12-16)11-15(17-14)18(7-5-2)8-9-19-3/h5,10-11H,2,4,6-9,12,16H2,1,3H3. The van der Waals surface area contributed by atoms with Crippen molar-refractivity contribution in [1.29, 1.82) is 0 Å². The summed E-state index contributed by atoms with van der Waals surface area (Å²) in [5.41, 5.74) is 8.00. The van der Waals surface area contributed by atoms with Crippen LogP contribution in [0, 0.1) is 0 Å². The molecule has 1 aromatic heterocycles. The predicted molar refractivity (Wildman–Crippen MR) is 80.4 cm³/mol. The van der Waals surface area contributed by atoms with Crippen molar-refractivity contribution in [3.63, 3.8) is 0 Å². The van der Waals surface area contributed by atoms with Crippen molar-refractivity contribution in [3.05, 3.63) is 36.0 Å². The Bertz CT molecular complexity index is 393. The van der Waals surface area contributed by atoms with Gasteiger partial charge in [-0.05, 0) is 24.1 Å². The summed E-state index contributed by atoms with van der Waals surface area (Å²) in [5.74, 6) is 0.961. The molecule has 0 saturated carbocycles. The molecule has 0 fully saturated rings. The van der Waals surface area contributed by atoms with Crippen LogP contribution in [-0.2, 0) is 17.7 Å². The Morgan fingerprint density at radius 3 is 2.84 bits per heavy atom. The number of hydrogen-bond acceptors (Lipinski definition) is 4. The molecule has 0 aliphatic carbocycles. The third-order valence-corrected chi connectivity index (χ3v) is 2.91. The van der Waals surface area contributed by atoms with Gasteiger partial charge in [0.15, 0.2) is 0 Å². The highest BCUT2D eigenvalue weighted by atomic mass is 16.5. The molecule has 2 N–H and O–H groups in total. The lowest BCUT2D eigenvalue weighted by Crippen LogP contribution is -2.28. The molecule has 106 valence electrons. The maximum absolute atomic E-state index is 5.77. The average Bonchev–Trinajstić information content (AvgIpc) is 2.43. The highest BCUT2D eigenvalue weighted by molar-refractivity contribution is 5.43. The SMILES string of the molecule is C=CCN(CCOC)c1cc(CN)cc(CCC)n1. The fourth-order valence-electron chi connectivity index (χ4n) is 1.95. The van der Waals surface area contributed by atoms with E-state index in [-0.39, 0.29) is 0 Å². The van der Waals surface area contributed by atoms with Gasteiger partial charge in [0.2, 0.25) is 0 Å². The molecule has 4 heteroatoms. The van der Waals surface area contributed by atoms with Crippen LogP contribution in [0.3, 0.4) is 0 Å². The number of methoxy groups -OCH3 is 1. The van der Waals surface area contributed by atoms with Crippen LogP contribution in [0.25, 0.3) is 0 Å². The number of hydrogen-bond donors (Lipinski definition) is 1. The second kappa shape index (κ2) is 8.67. The Morgan fingerprint density at radius 1 is 1.47 bits per heavy atom. The van der Waals surface area contributed by atoms with Crippen molar-refractivity contribution < 1.29 is 4.74 Å². The van der Waals surface area contributed by atoms with E-state index in [1.807, 2.05) is 6.08 Å². The van der Waals surface area contributed by atoms with E-state index in [2.05, 4.69) is 30.5 Å². The number of pyridine rings is 1. The molecule has 1 heterocycles. The molecule has 0 atom stereocenters. The fourth-order valence-corrected chi connectivity index (χ4v) is 1.95. The molecule has 1 aromatic rings. The molecule has 19 heavy (non-hydrogen) atoms.